The second-order valence-corrected chi connectivity index (χ2v) is 5.52. The summed E-state index contributed by atoms with van der Waals surface area (Å²) in [4.78, 5) is 10.6. The Morgan fingerprint density at radius 2 is 2.24 bits per heavy atom. The van der Waals surface area contributed by atoms with Crippen LogP contribution in [0.3, 0.4) is 0 Å². The van der Waals surface area contributed by atoms with Gasteiger partial charge in [-0.3, -0.25) is 9.84 Å². The fraction of sp³-hybridized carbons (Fsp3) is 0.700. The van der Waals surface area contributed by atoms with Crippen LogP contribution < -0.4 is 5.32 Å². The van der Waals surface area contributed by atoms with Crippen LogP contribution in [-0.2, 0) is 25.6 Å². The molecule has 0 spiro atoms. The van der Waals surface area contributed by atoms with Gasteiger partial charge in [0.05, 0.1) is 6.08 Å². The van der Waals surface area contributed by atoms with E-state index in [0.717, 1.165) is 12.6 Å². The van der Waals surface area contributed by atoms with Gasteiger partial charge in [0.2, 0.25) is 11.8 Å². The zero-order valence-corrected chi connectivity index (χ0v) is 12.0. The van der Waals surface area contributed by atoms with Crippen molar-refractivity contribution in [2.75, 3.05) is 13.3 Å². The molecular weight excluding hydrogens is 261 g/mol. The number of allylic oxidation sites excluding steroid dienone is 1. The van der Waals surface area contributed by atoms with Gasteiger partial charge < -0.3 is 5.11 Å². The number of carbonyl (C=O) groups is 1. The van der Waals surface area contributed by atoms with Crippen LogP contribution in [0.4, 0.5) is 0 Å². The Balaban J connectivity index is 4.23. The Kier molecular flexibility index (Phi) is 9.17. The number of aliphatic carboxylic acids is 1. The van der Waals surface area contributed by atoms with Crippen molar-refractivity contribution in [2.45, 2.75) is 27.2 Å². The molecule has 0 radical (unpaired) electrons. The average molecular weight is 280 g/mol. The van der Waals surface area contributed by atoms with Crippen molar-refractivity contribution in [3.63, 3.8) is 0 Å². The molecule has 0 aromatic rings. The van der Waals surface area contributed by atoms with Crippen LogP contribution in [0.1, 0.15) is 27.2 Å². The first kappa shape index (κ1) is 16.4. The van der Waals surface area contributed by atoms with Gasteiger partial charge in [-0.2, -0.15) is 0 Å². The zero-order valence-electron chi connectivity index (χ0n) is 10.3. The van der Waals surface area contributed by atoms with Crippen molar-refractivity contribution in [1.82, 2.24) is 5.32 Å². The third-order valence-corrected chi connectivity index (χ3v) is 2.87. The van der Waals surface area contributed by atoms with Gasteiger partial charge in [-0.25, -0.2) is 4.79 Å². The van der Waals surface area contributed by atoms with E-state index in [2.05, 4.69) is 5.32 Å². The van der Waals surface area contributed by atoms with Gasteiger partial charge >= 0.3 is 13.1 Å². The van der Waals surface area contributed by atoms with Gasteiger partial charge in [-0.1, -0.05) is 20.8 Å². The van der Waals surface area contributed by atoms with E-state index >= 15 is 0 Å². The Morgan fingerprint density at radius 3 is 2.71 bits per heavy atom. The van der Waals surface area contributed by atoms with Crippen molar-refractivity contribution in [3.05, 3.63) is 11.8 Å². The van der Waals surface area contributed by atoms with Gasteiger partial charge in [-0.15, -0.1) is 4.52 Å². The first-order valence-corrected chi connectivity index (χ1v) is 7.57. The summed E-state index contributed by atoms with van der Waals surface area (Å²) in [6.07, 6.45) is 1.57. The lowest BCUT2D eigenvalue weighted by Crippen LogP contribution is -2.14. The number of carboxylic acid groups (broad SMARTS) is 1. The van der Waals surface area contributed by atoms with Crippen LogP contribution in [-0.4, -0.2) is 24.4 Å². The number of hydrogen-bond acceptors (Lipinski definition) is 5. The second-order valence-electron chi connectivity index (χ2n) is 3.74. The molecule has 0 rings (SSSR count). The molecule has 0 aromatic heterocycles. The van der Waals surface area contributed by atoms with Crippen molar-refractivity contribution in [2.24, 2.45) is 5.92 Å². The third kappa shape index (κ3) is 10.3. The molecule has 0 aliphatic rings. The highest BCUT2D eigenvalue weighted by Gasteiger charge is 2.19. The number of hydrogen-bond donors (Lipinski definition) is 2. The predicted molar refractivity (Wildman–Crippen MR) is 70.2 cm³/mol. The van der Waals surface area contributed by atoms with Crippen LogP contribution in [0.25, 0.3) is 0 Å². The first-order valence-electron chi connectivity index (χ1n) is 5.38. The van der Waals surface area contributed by atoms with E-state index < -0.39 is 13.1 Å². The topological polar surface area (TPSA) is 67.8 Å². The summed E-state index contributed by atoms with van der Waals surface area (Å²) in [5.41, 5.74) is 0. The van der Waals surface area contributed by atoms with Crippen molar-refractivity contribution in [3.8, 4) is 0 Å². The lowest BCUT2D eigenvalue weighted by Gasteiger charge is -2.04. The minimum absolute atomic E-state index is 0.299. The highest BCUT2D eigenvalue weighted by atomic mass is 32.4. The molecule has 98 valence electrons. The summed E-state index contributed by atoms with van der Waals surface area (Å²) in [5.74, 6) is -0.372. The SMILES string of the molecule is CCNCO[P+](=S)OC(=CC(=O)O)CC(C)C. The molecule has 0 amide bonds. The molecule has 0 saturated carbocycles. The molecule has 0 saturated heterocycles. The molecule has 0 bridgehead atoms. The molecular formula is C10H19NO4PS+. The quantitative estimate of drug-likeness (QED) is 0.222. The summed E-state index contributed by atoms with van der Waals surface area (Å²) in [5, 5.41) is 11.6. The molecule has 0 aromatic carbocycles. The predicted octanol–water partition coefficient (Wildman–Crippen LogP) is 2.38. The summed E-state index contributed by atoms with van der Waals surface area (Å²) >= 11 is 4.98. The van der Waals surface area contributed by atoms with Crippen LogP contribution in [0.2, 0.25) is 0 Å². The number of rotatable bonds is 9. The van der Waals surface area contributed by atoms with E-state index in [1.807, 2.05) is 20.8 Å². The standard InChI is InChI=1S/C10H18NO4PS/c1-4-11-7-14-16(17)15-9(5-8(2)3)6-10(12)13/h6,8,11H,4-5,7H2,1-3H3/p+1. The van der Waals surface area contributed by atoms with Crippen LogP contribution in [0, 0.1) is 5.92 Å². The van der Waals surface area contributed by atoms with Crippen molar-refractivity contribution in [1.29, 1.82) is 0 Å². The smallest absolute Gasteiger partial charge is 0.478 e. The van der Waals surface area contributed by atoms with E-state index in [1.54, 1.807) is 0 Å². The first-order chi connectivity index (χ1) is 7.95. The Labute approximate surface area is 108 Å². The maximum Gasteiger partial charge on any atom is 0.574 e. The second kappa shape index (κ2) is 9.48. The maximum absolute atomic E-state index is 10.6. The Morgan fingerprint density at radius 1 is 1.59 bits per heavy atom. The van der Waals surface area contributed by atoms with E-state index in [1.165, 1.54) is 0 Å². The van der Waals surface area contributed by atoms with Gasteiger partial charge in [0.15, 0.2) is 12.5 Å². The minimum atomic E-state index is -1.50. The van der Waals surface area contributed by atoms with Gasteiger partial charge in [-0.05, 0) is 12.5 Å². The maximum atomic E-state index is 10.6. The van der Waals surface area contributed by atoms with Crippen molar-refractivity contribution < 1.29 is 18.9 Å². The van der Waals surface area contributed by atoms with E-state index in [4.69, 9.17) is 26.0 Å². The molecule has 0 heterocycles. The molecule has 0 aliphatic heterocycles. The fourth-order valence-corrected chi connectivity index (χ4v) is 2.00. The summed E-state index contributed by atoms with van der Waals surface area (Å²) < 4.78 is 10.5. The number of nitrogens with one attached hydrogen (secondary N) is 1. The van der Waals surface area contributed by atoms with Crippen LogP contribution in [0.5, 0.6) is 0 Å². The highest BCUT2D eigenvalue weighted by Crippen LogP contribution is 2.30. The van der Waals surface area contributed by atoms with Crippen LogP contribution in [0.15, 0.2) is 11.8 Å². The summed E-state index contributed by atoms with van der Waals surface area (Å²) in [6, 6.07) is 0. The lowest BCUT2D eigenvalue weighted by atomic mass is 10.1. The molecule has 5 nitrogen and oxygen atoms in total. The molecule has 0 aliphatic carbocycles. The molecule has 2 N–H and O–H groups in total. The fourth-order valence-electron chi connectivity index (χ4n) is 0.985. The highest BCUT2D eigenvalue weighted by molar-refractivity contribution is 8.00. The van der Waals surface area contributed by atoms with Gasteiger partial charge in [0.1, 0.15) is 0 Å². The minimum Gasteiger partial charge on any atom is -0.478 e. The lowest BCUT2D eigenvalue weighted by molar-refractivity contribution is -0.131. The average Bonchev–Trinajstić information content (AvgIpc) is 2.15. The largest absolute Gasteiger partial charge is 0.574 e. The molecule has 1 unspecified atom stereocenters. The monoisotopic (exact) mass is 280 g/mol. The summed E-state index contributed by atoms with van der Waals surface area (Å²) in [7, 11) is -1.50. The zero-order chi connectivity index (χ0) is 13.3. The Bertz CT molecular complexity index is 294. The molecule has 17 heavy (non-hydrogen) atoms. The van der Waals surface area contributed by atoms with E-state index in [0.29, 0.717) is 24.8 Å². The molecule has 7 heteroatoms. The van der Waals surface area contributed by atoms with Crippen LogP contribution >= 0.6 is 7.15 Å². The van der Waals surface area contributed by atoms with E-state index in [-0.39, 0.29) is 0 Å². The number of carboxylic acids is 1. The molecule has 1 atom stereocenters. The van der Waals surface area contributed by atoms with Crippen molar-refractivity contribution >= 4 is 24.9 Å². The van der Waals surface area contributed by atoms with Gasteiger partial charge in [0.25, 0.3) is 0 Å². The summed E-state index contributed by atoms with van der Waals surface area (Å²) in [6.45, 7) is 6.99. The van der Waals surface area contributed by atoms with E-state index in [9.17, 15) is 4.79 Å². The molecule has 0 fully saturated rings. The third-order valence-electron chi connectivity index (χ3n) is 1.61. The Hall–Kier alpha value is -0.550. The normalized spacial score (nSPS) is 12.7. The van der Waals surface area contributed by atoms with Gasteiger partial charge in [0, 0.05) is 6.42 Å².